The molecule has 3 aromatic rings. The van der Waals surface area contributed by atoms with Crippen molar-refractivity contribution in [2.24, 2.45) is 0 Å². The van der Waals surface area contributed by atoms with Crippen LogP contribution in [0.3, 0.4) is 0 Å². The van der Waals surface area contributed by atoms with Gasteiger partial charge in [-0.2, -0.15) is 0 Å². The van der Waals surface area contributed by atoms with Crippen molar-refractivity contribution in [3.8, 4) is 11.5 Å². The van der Waals surface area contributed by atoms with Gasteiger partial charge in [0.1, 0.15) is 6.04 Å². The summed E-state index contributed by atoms with van der Waals surface area (Å²) >= 11 is 6.10. The summed E-state index contributed by atoms with van der Waals surface area (Å²) in [6, 6.07) is 21.2. The average Bonchev–Trinajstić information content (AvgIpc) is 2.94. The highest BCUT2D eigenvalue weighted by molar-refractivity contribution is 6.30. The van der Waals surface area contributed by atoms with Crippen LogP contribution >= 0.6 is 11.6 Å². The van der Waals surface area contributed by atoms with E-state index in [1.165, 1.54) is 0 Å². The summed E-state index contributed by atoms with van der Waals surface area (Å²) in [7, 11) is 3.12. The standard InChI is InChI=1S/C30H35ClN2O5/c1-4-38-18-8-17-32-30(35)29(24-9-6-5-7-10-24)33(21-22-11-14-25(31)15-12-22)28(34)20-23-13-16-26(36-2)27(19-23)37-3/h5-7,9-16,19,29H,4,8,17-18,20-21H2,1-3H3,(H,32,35)/t29-/m1/s1. The summed E-state index contributed by atoms with van der Waals surface area (Å²) in [6.07, 6.45) is 0.757. The number of hydrogen-bond donors (Lipinski definition) is 1. The Morgan fingerprint density at radius 2 is 1.61 bits per heavy atom. The Labute approximate surface area is 229 Å². The molecule has 3 rings (SSSR count). The van der Waals surface area contributed by atoms with Gasteiger partial charge in [0.15, 0.2) is 11.5 Å². The van der Waals surface area contributed by atoms with Crippen LogP contribution in [-0.2, 0) is 27.3 Å². The lowest BCUT2D eigenvalue weighted by molar-refractivity contribution is -0.141. The van der Waals surface area contributed by atoms with Gasteiger partial charge >= 0.3 is 0 Å². The van der Waals surface area contributed by atoms with Crippen LogP contribution in [0.15, 0.2) is 72.8 Å². The number of hydrogen-bond acceptors (Lipinski definition) is 5. The van der Waals surface area contributed by atoms with Crippen molar-refractivity contribution in [2.75, 3.05) is 34.0 Å². The average molecular weight is 539 g/mol. The second-order valence-electron chi connectivity index (χ2n) is 8.67. The molecular weight excluding hydrogens is 504 g/mol. The molecule has 0 spiro atoms. The van der Waals surface area contributed by atoms with Crippen molar-refractivity contribution < 1.29 is 23.8 Å². The summed E-state index contributed by atoms with van der Waals surface area (Å²) in [5.41, 5.74) is 2.34. The molecule has 202 valence electrons. The SMILES string of the molecule is CCOCCCNC(=O)[C@@H](c1ccccc1)N(Cc1ccc(Cl)cc1)C(=O)Cc1ccc(OC)c(OC)c1. The fraction of sp³-hybridized carbons (Fsp3) is 0.333. The number of nitrogens with zero attached hydrogens (tertiary/aromatic N) is 1. The third-order valence-corrected chi connectivity index (χ3v) is 6.29. The van der Waals surface area contributed by atoms with E-state index in [2.05, 4.69) is 5.32 Å². The Morgan fingerprint density at radius 3 is 2.26 bits per heavy atom. The normalized spacial score (nSPS) is 11.5. The van der Waals surface area contributed by atoms with Crippen molar-refractivity contribution in [1.29, 1.82) is 0 Å². The van der Waals surface area contributed by atoms with E-state index in [0.29, 0.717) is 42.7 Å². The number of ether oxygens (including phenoxy) is 3. The van der Waals surface area contributed by atoms with E-state index in [-0.39, 0.29) is 24.8 Å². The molecule has 0 bridgehead atoms. The van der Waals surface area contributed by atoms with Gasteiger partial charge in [-0.25, -0.2) is 0 Å². The number of methoxy groups -OCH3 is 2. The molecule has 3 aromatic carbocycles. The van der Waals surface area contributed by atoms with Gasteiger partial charge in [0.25, 0.3) is 0 Å². The first-order valence-electron chi connectivity index (χ1n) is 12.6. The quantitative estimate of drug-likeness (QED) is 0.285. The van der Waals surface area contributed by atoms with Gasteiger partial charge in [-0.1, -0.05) is 60.1 Å². The number of rotatable bonds is 14. The minimum Gasteiger partial charge on any atom is -0.493 e. The Bertz CT molecular complexity index is 1170. The first-order valence-corrected chi connectivity index (χ1v) is 13.0. The Kier molecular flexibility index (Phi) is 11.5. The highest BCUT2D eigenvalue weighted by atomic mass is 35.5. The smallest absolute Gasteiger partial charge is 0.247 e. The van der Waals surface area contributed by atoms with Crippen LogP contribution in [-0.4, -0.2) is 50.7 Å². The van der Waals surface area contributed by atoms with Crippen molar-refractivity contribution in [3.05, 3.63) is 94.5 Å². The number of amides is 2. The molecule has 0 aliphatic heterocycles. The molecule has 0 unspecified atom stereocenters. The molecule has 1 atom stereocenters. The molecule has 1 N–H and O–H groups in total. The largest absolute Gasteiger partial charge is 0.493 e. The van der Waals surface area contributed by atoms with Crippen LogP contribution in [0.25, 0.3) is 0 Å². The third-order valence-electron chi connectivity index (χ3n) is 6.03. The molecule has 8 heteroatoms. The van der Waals surface area contributed by atoms with Crippen LogP contribution < -0.4 is 14.8 Å². The maximum Gasteiger partial charge on any atom is 0.247 e. The van der Waals surface area contributed by atoms with Gasteiger partial charge in [0.2, 0.25) is 11.8 Å². The first kappa shape index (κ1) is 29.0. The topological polar surface area (TPSA) is 77.1 Å². The summed E-state index contributed by atoms with van der Waals surface area (Å²) in [5.74, 6) is 0.664. The van der Waals surface area contributed by atoms with Crippen molar-refractivity contribution in [1.82, 2.24) is 10.2 Å². The lowest BCUT2D eigenvalue weighted by atomic mass is 10.0. The molecule has 0 aliphatic rings. The van der Waals surface area contributed by atoms with E-state index in [4.69, 9.17) is 25.8 Å². The summed E-state index contributed by atoms with van der Waals surface area (Å²) in [5, 5.41) is 3.60. The highest BCUT2D eigenvalue weighted by Crippen LogP contribution is 2.29. The fourth-order valence-corrected chi connectivity index (χ4v) is 4.24. The molecule has 0 fully saturated rings. The predicted octanol–water partition coefficient (Wildman–Crippen LogP) is 5.21. The number of carbonyl (C=O) groups is 2. The van der Waals surface area contributed by atoms with Crippen molar-refractivity contribution in [3.63, 3.8) is 0 Å². The van der Waals surface area contributed by atoms with Crippen LogP contribution in [0.2, 0.25) is 5.02 Å². The van der Waals surface area contributed by atoms with Crippen molar-refractivity contribution in [2.45, 2.75) is 32.4 Å². The van der Waals surface area contributed by atoms with E-state index in [0.717, 1.165) is 16.7 Å². The number of carbonyl (C=O) groups excluding carboxylic acids is 2. The summed E-state index contributed by atoms with van der Waals surface area (Å²) < 4.78 is 16.1. The molecule has 0 radical (unpaired) electrons. The lowest BCUT2D eigenvalue weighted by Gasteiger charge is -2.32. The minimum atomic E-state index is -0.827. The molecule has 0 saturated carbocycles. The van der Waals surface area contributed by atoms with Crippen molar-refractivity contribution >= 4 is 23.4 Å². The van der Waals surface area contributed by atoms with Gasteiger partial charge in [-0.15, -0.1) is 0 Å². The van der Waals surface area contributed by atoms with Gasteiger partial charge in [0, 0.05) is 31.3 Å². The zero-order valence-corrected chi connectivity index (χ0v) is 22.9. The summed E-state index contributed by atoms with van der Waals surface area (Å²) in [4.78, 5) is 29.1. The van der Waals surface area contributed by atoms with E-state index in [1.807, 2.05) is 55.5 Å². The zero-order valence-electron chi connectivity index (χ0n) is 22.1. The maximum absolute atomic E-state index is 13.9. The van der Waals surface area contributed by atoms with E-state index < -0.39 is 6.04 Å². The minimum absolute atomic E-state index is 0.0783. The second kappa shape index (κ2) is 15.0. The van der Waals surface area contributed by atoms with Gasteiger partial charge in [0.05, 0.1) is 20.6 Å². The van der Waals surface area contributed by atoms with Crippen LogP contribution in [0.5, 0.6) is 11.5 Å². The Morgan fingerprint density at radius 1 is 0.921 bits per heavy atom. The molecule has 0 aromatic heterocycles. The van der Waals surface area contributed by atoms with Gasteiger partial charge < -0.3 is 24.4 Å². The number of benzene rings is 3. The lowest BCUT2D eigenvalue weighted by Crippen LogP contribution is -2.44. The molecule has 0 aliphatic carbocycles. The monoisotopic (exact) mass is 538 g/mol. The maximum atomic E-state index is 13.9. The third kappa shape index (κ3) is 8.23. The zero-order chi connectivity index (χ0) is 27.3. The molecule has 2 amide bonds. The highest BCUT2D eigenvalue weighted by Gasteiger charge is 2.31. The molecule has 7 nitrogen and oxygen atoms in total. The predicted molar refractivity (Wildman–Crippen MR) is 149 cm³/mol. The van der Waals surface area contributed by atoms with E-state index >= 15 is 0 Å². The van der Waals surface area contributed by atoms with E-state index in [9.17, 15) is 9.59 Å². The Hall–Kier alpha value is -3.55. The van der Waals surface area contributed by atoms with Gasteiger partial charge in [-0.3, -0.25) is 9.59 Å². The number of halogens is 1. The summed E-state index contributed by atoms with van der Waals surface area (Å²) in [6.45, 7) is 3.79. The number of nitrogens with one attached hydrogen (secondary N) is 1. The first-order chi connectivity index (χ1) is 18.5. The van der Waals surface area contributed by atoms with Crippen LogP contribution in [0.4, 0.5) is 0 Å². The molecule has 38 heavy (non-hydrogen) atoms. The molecule has 0 saturated heterocycles. The van der Waals surface area contributed by atoms with E-state index in [1.54, 1.807) is 43.4 Å². The van der Waals surface area contributed by atoms with Crippen LogP contribution in [0.1, 0.15) is 36.1 Å². The fourth-order valence-electron chi connectivity index (χ4n) is 4.11. The Balaban J connectivity index is 1.94. The molecular formula is C30H35ClN2O5. The second-order valence-corrected chi connectivity index (χ2v) is 9.11. The molecule has 0 heterocycles. The van der Waals surface area contributed by atoms with Crippen LogP contribution in [0, 0.1) is 0 Å². The van der Waals surface area contributed by atoms with Gasteiger partial charge in [-0.05, 0) is 54.3 Å².